The lowest BCUT2D eigenvalue weighted by molar-refractivity contribution is 0.555. The second kappa shape index (κ2) is 5.36. The van der Waals surface area contributed by atoms with Crippen molar-refractivity contribution < 1.29 is 4.39 Å². The molecule has 128 valence electrons. The van der Waals surface area contributed by atoms with E-state index in [1.165, 1.54) is 6.07 Å². The highest BCUT2D eigenvalue weighted by molar-refractivity contribution is 5.87. The van der Waals surface area contributed by atoms with Crippen molar-refractivity contribution in [2.45, 2.75) is 45.1 Å². The van der Waals surface area contributed by atoms with E-state index in [0.717, 1.165) is 45.2 Å². The van der Waals surface area contributed by atoms with Crippen LogP contribution in [0.15, 0.2) is 15.7 Å². The van der Waals surface area contributed by atoms with Crippen LogP contribution in [0.1, 0.15) is 43.7 Å². The molecule has 1 saturated heterocycles. The van der Waals surface area contributed by atoms with E-state index in [4.69, 9.17) is 5.84 Å². The van der Waals surface area contributed by atoms with Crippen LogP contribution in [-0.2, 0) is 0 Å². The number of fused-ring (bicyclic) bond motifs is 1. The summed E-state index contributed by atoms with van der Waals surface area (Å²) in [5, 5.41) is 0.180. The van der Waals surface area contributed by atoms with Gasteiger partial charge in [0.2, 0.25) is 0 Å². The van der Waals surface area contributed by atoms with E-state index in [2.05, 4.69) is 0 Å². The highest BCUT2D eigenvalue weighted by atomic mass is 19.1. The first-order valence-electron chi connectivity index (χ1n) is 8.51. The van der Waals surface area contributed by atoms with E-state index in [-0.39, 0.29) is 11.4 Å². The van der Waals surface area contributed by atoms with Gasteiger partial charge >= 0.3 is 5.69 Å². The van der Waals surface area contributed by atoms with Crippen molar-refractivity contribution in [3.63, 3.8) is 0 Å². The molecule has 0 atom stereocenters. The first-order chi connectivity index (χ1) is 11.5. The van der Waals surface area contributed by atoms with Crippen LogP contribution in [0.4, 0.5) is 10.1 Å². The van der Waals surface area contributed by atoms with Crippen molar-refractivity contribution in [3.05, 3.63) is 38.3 Å². The van der Waals surface area contributed by atoms with Crippen molar-refractivity contribution >= 4 is 16.6 Å². The van der Waals surface area contributed by atoms with Crippen LogP contribution in [0, 0.1) is 12.7 Å². The average molecular weight is 332 g/mol. The molecule has 1 aliphatic heterocycles. The summed E-state index contributed by atoms with van der Waals surface area (Å²) in [4.78, 5) is 26.9. The van der Waals surface area contributed by atoms with Gasteiger partial charge in [-0.25, -0.2) is 9.18 Å². The second-order valence-corrected chi connectivity index (χ2v) is 6.83. The molecule has 7 heteroatoms. The maximum Gasteiger partial charge on any atom is 0.350 e. The molecular weight excluding hydrogens is 311 g/mol. The Labute approximate surface area is 138 Å². The van der Waals surface area contributed by atoms with Gasteiger partial charge in [0.05, 0.1) is 16.6 Å². The molecule has 1 saturated carbocycles. The van der Waals surface area contributed by atoms with Crippen LogP contribution in [0.25, 0.3) is 10.9 Å². The Morgan fingerprint density at radius 2 is 1.83 bits per heavy atom. The monoisotopic (exact) mass is 332 g/mol. The molecule has 2 fully saturated rings. The van der Waals surface area contributed by atoms with Crippen LogP contribution in [0.5, 0.6) is 0 Å². The van der Waals surface area contributed by atoms with Crippen molar-refractivity contribution in [2.24, 2.45) is 0 Å². The number of aromatic nitrogens is 2. The predicted octanol–water partition coefficient (Wildman–Crippen LogP) is 1.65. The zero-order chi connectivity index (χ0) is 17.0. The summed E-state index contributed by atoms with van der Waals surface area (Å²) in [7, 11) is 0. The molecule has 2 N–H and O–H groups in total. The maximum atomic E-state index is 14.8. The lowest BCUT2D eigenvalue weighted by Gasteiger charge is -2.31. The van der Waals surface area contributed by atoms with Crippen molar-refractivity contribution in [3.8, 4) is 0 Å². The molecule has 0 radical (unpaired) electrons. The van der Waals surface area contributed by atoms with Crippen molar-refractivity contribution in [1.82, 2.24) is 9.24 Å². The number of nitrogens with two attached hydrogens (primary N) is 1. The summed E-state index contributed by atoms with van der Waals surface area (Å²) in [5.74, 6) is 5.22. The molecule has 24 heavy (non-hydrogen) atoms. The minimum atomic E-state index is -0.640. The molecule has 1 aromatic heterocycles. The third-order valence-electron chi connectivity index (χ3n) is 5.15. The van der Waals surface area contributed by atoms with Gasteiger partial charge in [-0.3, -0.25) is 9.36 Å². The third-order valence-corrected chi connectivity index (χ3v) is 5.15. The molecule has 1 aliphatic carbocycles. The number of anilines is 1. The van der Waals surface area contributed by atoms with Gasteiger partial charge in [-0.05, 0) is 45.1 Å². The average Bonchev–Trinajstić information content (AvgIpc) is 3.40. The van der Waals surface area contributed by atoms with E-state index in [1.54, 1.807) is 11.5 Å². The Bertz CT molecular complexity index is 936. The number of rotatable bonds is 2. The smallest absolute Gasteiger partial charge is 0.350 e. The topological polar surface area (TPSA) is 73.3 Å². The summed E-state index contributed by atoms with van der Waals surface area (Å²) < 4.78 is 17.0. The first-order valence-corrected chi connectivity index (χ1v) is 8.51. The van der Waals surface area contributed by atoms with Crippen LogP contribution >= 0.6 is 0 Å². The molecule has 0 amide bonds. The van der Waals surface area contributed by atoms with E-state index < -0.39 is 17.1 Å². The molecule has 4 rings (SSSR count). The summed E-state index contributed by atoms with van der Waals surface area (Å²) in [6.07, 6.45) is 4.95. The van der Waals surface area contributed by atoms with Crippen LogP contribution in [-0.4, -0.2) is 22.3 Å². The minimum absolute atomic E-state index is 0.0498. The first kappa shape index (κ1) is 15.2. The Balaban J connectivity index is 2.07. The number of halogens is 1. The summed E-state index contributed by atoms with van der Waals surface area (Å²) >= 11 is 0. The van der Waals surface area contributed by atoms with Gasteiger partial charge in [-0.1, -0.05) is 0 Å². The Morgan fingerprint density at radius 3 is 2.46 bits per heavy atom. The zero-order valence-electron chi connectivity index (χ0n) is 13.7. The summed E-state index contributed by atoms with van der Waals surface area (Å²) in [6.45, 7) is 3.39. The maximum absolute atomic E-state index is 14.8. The van der Waals surface area contributed by atoms with Gasteiger partial charge < -0.3 is 10.7 Å². The Kier molecular flexibility index (Phi) is 3.40. The second-order valence-electron chi connectivity index (χ2n) is 6.83. The van der Waals surface area contributed by atoms with Gasteiger partial charge in [-0.2, -0.15) is 4.68 Å². The standard InChI is InChI=1S/C17H21FN4O2/c1-10-14-12(9-13(18)15(10)20-7-3-2-4-8-20)16(23)22(19)17(24)21(14)11-5-6-11/h9,11H,2-8,19H2,1H3. The Hall–Kier alpha value is -2.31. The Morgan fingerprint density at radius 1 is 1.17 bits per heavy atom. The van der Waals surface area contributed by atoms with Crippen molar-refractivity contribution in [2.75, 3.05) is 23.8 Å². The highest BCUT2D eigenvalue weighted by Gasteiger charge is 2.30. The van der Waals surface area contributed by atoms with Crippen LogP contribution in [0.3, 0.4) is 0 Å². The summed E-state index contributed by atoms with van der Waals surface area (Å²) in [5.41, 5.74) is 0.559. The number of piperidine rings is 1. The normalized spacial score (nSPS) is 18.3. The van der Waals surface area contributed by atoms with Crippen LogP contribution < -0.4 is 22.0 Å². The van der Waals surface area contributed by atoms with Gasteiger partial charge in [-0.15, -0.1) is 0 Å². The minimum Gasteiger partial charge on any atom is -0.369 e. The molecule has 6 nitrogen and oxygen atoms in total. The quantitative estimate of drug-likeness (QED) is 0.849. The fraction of sp³-hybridized carbons (Fsp3) is 0.529. The van der Waals surface area contributed by atoms with Crippen molar-refractivity contribution in [1.29, 1.82) is 0 Å². The number of nitrogen functional groups attached to an aromatic ring is 1. The molecule has 0 bridgehead atoms. The fourth-order valence-corrected chi connectivity index (χ4v) is 3.84. The largest absolute Gasteiger partial charge is 0.369 e. The third kappa shape index (κ3) is 2.14. The fourth-order valence-electron chi connectivity index (χ4n) is 3.84. The van der Waals surface area contributed by atoms with E-state index in [9.17, 15) is 14.0 Å². The van der Waals surface area contributed by atoms with Gasteiger partial charge in [0, 0.05) is 24.7 Å². The molecule has 0 unspecified atom stereocenters. The van der Waals surface area contributed by atoms with Crippen LogP contribution in [0.2, 0.25) is 0 Å². The predicted molar refractivity (Wildman–Crippen MR) is 91.6 cm³/mol. The number of nitrogens with zero attached hydrogens (tertiary/aromatic N) is 3. The molecular formula is C17H21FN4O2. The summed E-state index contributed by atoms with van der Waals surface area (Å²) in [6, 6.07) is 1.30. The molecule has 1 aromatic carbocycles. The highest BCUT2D eigenvalue weighted by Crippen LogP contribution is 2.38. The SMILES string of the molecule is Cc1c(N2CCCCC2)c(F)cc2c(=O)n(N)c(=O)n(C3CC3)c12. The molecule has 2 heterocycles. The lowest BCUT2D eigenvalue weighted by atomic mass is 10.0. The molecule has 2 aliphatic rings. The molecule has 0 spiro atoms. The van der Waals surface area contributed by atoms with Gasteiger partial charge in [0.25, 0.3) is 5.56 Å². The van der Waals surface area contributed by atoms with E-state index in [1.807, 2.05) is 4.90 Å². The molecule has 2 aromatic rings. The number of hydrogen-bond donors (Lipinski definition) is 1. The number of hydrogen-bond acceptors (Lipinski definition) is 4. The van der Waals surface area contributed by atoms with E-state index >= 15 is 0 Å². The van der Waals surface area contributed by atoms with Gasteiger partial charge in [0.1, 0.15) is 5.82 Å². The number of benzene rings is 1. The number of aryl methyl sites for hydroxylation is 1. The zero-order valence-corrected chi connectivity index (χ0v) is 13.7. The van der Waals surface area contributed by atoms with Gasteiger partial charge in [0.15, 0.2) is 0 Å². The van der Waals surface area contributed by atoms with E-state index in [0.29, 0.717) is 21.4 Å². The lowest BCUT2D eigenvalue weighted by Crippen LogP contribution is -2.45.